The first-order valence-electron chi connectivity index (χ1n) is 8.68. The molecule has 0 atom stereocenters. The SMILES string of the molecule is COC(=O)c1ccc2c(c1)nc(Nc1ccccc1)n2C1CCCC1. The molecule has 1 aliphatic rings. The van der Waals surface area contributed by atoms with Crippen LogP contribution in [0, 0.1) is 0 Å². The topological polar surface area (TPSA) is 56.1 Å². The minimum Gasteiger partial charge on any atom is -0.465 e. The molecule has 5 nitrogen and oxygen atoms in total. The summed E-state index contributed by atoms with van der Waals surface area (Å²) in [7, 11) is 1.39. The number of carbonyl (C=O) groups is 1. The van der Waals surface area contributed by atoms with Gasteiger partial charge in [-0.05, 0) is 43.2 Å². The van der Waals surface area contributed by atoms with Crippen LogP contribution in [0.4, 0.5) is 11.6 Å². The summed E-state index contributed by atoms with van der Waals surface area (Å²) in [5, 5.41) is 3.44. The van der Waals surface area contributed by atoms with Crippen LogP contribution in [0.1, 0.15) is 42.1 Å². The molecule has 0 spiro atoms. The van der Waals surface area contributed by atoms with Gasteiger partial charge in [0.05, 0.1) is 23.7 Å². The monoisotopic (exact) mass is 335 g/mol. The number of nitrogens with zero attached hydrogens (tertiary/aromatic N) is 2. The minimum atomic E-state index is -0.338. The summed E-state index contributed by atoms with van der Waals surface area (Å²) in [6.07, 6.45) is 4.81. The fourth-order valence-electron chi connectivity index (χ4n) is 3.61. The summed E-state index contributed by atoms with van der Waals surface area (Å²) in [6, 6.07) is 16.1. The van der Waals surface area contributed by atoms with Gasteiger partial charge in [-0.2, -0.15) is 0 Å². The first-order chi connectivity index (χ1) is 12.3. The van der Waals surface area contributed by atoms with Crippen molar-refractivity contribution >= 4 is 28.6 Å². The van der Waals surface area contributed by atoms with Gasteiger partial charge < -0.3 is 14.6 Å². The maximum absolute atomic E-state index is 11.8. The number of benzene rings is 2. The van der Waals surface area contributed by atoms with Crippen molar-refractivity contribution in [2.24, 2.45) is 0 Å². The van der Waals surface area contributed by atoms with E-state index in [4.69, 9.17) is 9.72 Å². The van der Waals surface area contributed by atoms with Gasteiger partial charge in [-0.15, -0.1) is 0 Å². The molecule has 128 valence electrons. The van der Waals surface area contributed by atoms with E-state index < -0.39 is 0 Å². The number of carbonyl (C=O) groups excluding carboxylic acids is 1. The molecule has 1 heterocycles. The van der Waals surface area contributed by atoms with Crippen molar-refractivity contribution in [2.75, 3.05) is 12.4 Å². The van der Waals surface area contributed by atoms with Crippen LogP contribution in [0.5, 0.6) is 0 Å². The number of nitrogens with one attached hydrogen (secondary N) is 1. The standard InChI is InChI=1S/C20H21N3O2/c1-25-19(24)14-11-12-18-17(13-14)22-20(21-15-7-3-2-4-8-15)23(18)16-9-5-6-10-16/h2-4,7-8,11-13,16H,5-6,9-10H2,1H3,(H,21,22). The molecule has 1 aliphatic carbocycles. The lowest BCUT2D eigenvalue weighted by atomic mass is 10.2. The van der Waals surface area contributed by atoms with Crippen LogP contribution < -0.4 is 5.32 Å². The van der Waals surface area contributed by atoms with E-state index in [-0.39, 0.29) is 5.97 Å². The summed E-state index contributed by atoms with van der Waals surface area (Å²) < 4.78 is 7.12. The summed E-state index contributed by atoms with van der Waals surface area (Å²) >= 11 is 0. The molecule has 0 unspecified atom stereocenters. The molecular formula is C20H21N3O2. The van der Waals surface area contributed by atoms with Gasteiger partial charge in [0.25, 0.3) is 0 Å². The fraction of sp³-hybridized carbons (Fsp3) is 0.300. The Balaban J connectivity index is 1.81. The molecule has 5 heteroatoms. The van der Waals surface area contributed by atoms with Crippen LogP contribution in [0.15, 0.2) is 48.5 Å². The largest absolute Gasteiger partial charge is 0.465 e. The maximum atomic E-state index is 11.8. The first-order valence-corrected chi connectivity index (χ1v) is 8.68. The third kappa shape index (κ3) is 2.97. The second-order valence-electron chi connectivity index (χ2n) is 6.43. The number of para-hydroxylation sites is 1. The van der Waals surface area contributed by atoms with Crippen LogP contribution >= 0.6 is 0 Å². The zero-order chi connectivity index (χ0) is 17.2. The zero-order valence-corrected chi connectivity index (χ0v) is 14.2. The zero-order valence-electron chi connectivity index (χ0n) is 14.2. The summed E-state index contributed by atoms with van der Waals surface area (Å²) in [4.78, 5) is 16.6. The Morgan fingerprint density at radius 2 is 1.92 bits per heavy atom. The Kier molecular flexibility index (Phi) is 4.14. The van der Waals surface area contributed by atoms with Crippen molar-refractivity contribution in [1.82, 2.24) is 9.55 Å². The van der Waals surface area contributed by atoms with Gasteiger partial charge >= 0.3 is 5.97 Å². The number of rotatable bonds is 4. The molecule has 1 aromatic heterocycles. The van der Waals surface area contributed by atoms with Crippen LogP contribution in [-0.4, -0.2) is 22.6 Å². The number of anilines is 2. The van der Waals surface area contributed by atoms with Crippen molar-refractivity contribution in [3.05, 3.63) is 54.1 Å². The Morgan fingerprint density at radius 1 is 1.16 bits per heavy atom. The maximum Gasteiger partial charge on any atom is 0.337 e. The van der Waals surface area contributed by atoms with Gasteiger partial charge in [0.1, 0.15) is 0 Å². The van der Waals surface area contributed by atoms with E-state index in [1.807, 2.05) is 48.5 Å². The third-order valence-corrected chi connectivity index (χ3v) is 4.83. The highest BCUT2D eigenvalue weighted by atomic mass is 16.5. The number of methoxy groups -OCH3 is 1. The van der Waals surface area contributed by atoms with E-state index in [1.54, 1.807) is 0 Å². The van der Waals surface area contributed by atoms with Gasteiger partial charge in [0.2, 0.25) is 5.95 Å². The molecule has 4 rings (SSSR count). The van der Waals surface area contributed by atoms with E-state index in [2.05, 4.69) is 9.88 Å². The molecular weight excluding hydrogens is 314 g/mol. The molecule has 0 amide bonds. The molecule has 3 aromatic rings. The van der Waals surface area contributed by atoms with Crippen molar-refractivity contribution in [2.45, 2.75) is 31.7 Å². The Hall–Kier alpha value is -2.82. The number of ether oxygens (including phenoxy) is 1. The summed E-state index contributed by atoms with van der Waals surface area (Å²) in [5.41, 5.74) is 3.40. The molecule has 0 saturated heterocycles. The Bertz CT molecular complexity index is 896. The molecule has 25 heavy (non-hydrogen) atoms. The van der Waals surface area contributed by atoms with Crippen molar-refractivity contribution in [3.63, 3.8) is 0 Å². The molecule has 1 saturated carbocycles. The molecule has 0 aliphatic heterocycles. The molecule has 1 fully saturated rings. The van der Waals surface area contributed by atoms with Crippen LogP contribution in [0.25, 0.3) is 11.0 Å². The van der Waals surface area contributed by atoms with Crippen LogP contribution in [0.2, 0.25) is 0 Å². The number of fused-ring (bicyclic) bond motifs is 1. The van der Waals surface area contributed by atoms with E-state index in [1.165, 1.54) is 20.0 Å². The number of hydrogen-bond donors (Lipinski definition) is 1. The smallest absolute Gasteiger partial charge is 0.337 e. The predicted octanol–water partition coefficient (Wildman–Crippen LogP) is 4.68. The van der Waals surface area contributed by atoms with Crippen molar-refractivity contribution in [3.8, 4) is 0 Å². The van der Waals surface area contributed by atoms with E-state index in [0.717, 1.165) is 35.5 Å². The van der Waals surface area contributed by atoms with Crippen LogP contribution in [0.3, 0.4) is 0 Å². The predicted molar refractivity (Wildman–Crippen MR) is 98.3 cm³/mol. The Labute approximate surface area is 146 Å². The Morgan fingerprint density at radius 3 is 2.64 bits per heavy atom. The fourth-order valence-corrected chi connectivity index (χ4v) is 3.61. The summed E-state index contributed by atoms with van der Waals surface area (Å²) in [6.45, 7) is 0. The minimum absolute atomic E-state index is 0.338. The second-order valence-corrected chi connectivity index (χ2v) is 6.43. The molecule has 0 radical (unpaired) electrons. The molecule has 2 aromatic carbocycles. The normalized spacial score (nSPS) is 14.8. The average Bonchev–Trinajstić information content (AvgIpc) is 3.28. The summed E-state index contributed by atoms with van der Waals surface area (Å²) in [5.74, 6) is 0.491. The van der Waals surface area contributed by atoms with Crippen LogP contribution in [-0.2, 0) is 4.74 Å². The van der Waals surface area contributed by atoms with Gasteiger partial charge in [-0.3, -0.25) is 0 Å². The number of imidazole rings is 1. The number of aromatic nitrogens is 2. The van der Waals surface area contributed by atoms with E-state index in [0.29, 0.717) is 11.6 Å². The number of hydrogen-bond acceptors (Lipinski definition) is 4. The lowest BCUT2D eigenvalue weighted by molar-refractivity contribution is 0.0601. The lowest BCUT2D eigenvalue weighted by Crippen LogP contribution is -2.08. The highest BCUT2D eigenvalue weighted by molar-refractivity contribution is 5.94. The van der Waals surface area contributed by atoms with E-state index >= 15 is 0 Å². The molecule has 0 bridgehead atoms. The van der Waals surface area contributed by atoms with Gasteiger partial charge in [0, 0.05) is 11.7 Å². The van der Waals surface area contributed by atoms with Crippen molar-refractivity contribution in [1.29, 1.82) is 0 Å². The van der Waals surface area contributed by atoms with Gasteiger partial charge in [-0.1, -0.05) is 31.0 Å². The first kappa shape index (κ1) is 15.7. The molecule has 1 N–H and O–H groups in total. The highest BCUT2D eigenvalue weighted by Crippen LogP contribution is 2.36. The highest BCUT2D eigenvalue weighted by Gasteiger charge is 2.23. The third-order valence-electron chi connectivity index (χ3n) is 4.83. The van der Waals surface area contributed by atoms with Gasteiger partial charge in [0.15, 0.2) is 0 Å². The number of esters is 1. The van der Waals surface area contributed by atoms with Crippen molar-refractivity contribution < 1.29 is 9.53 Å². The average molecular weight is 335 g/mol. The quantitative estimate of drug-likeness (QED) is 0.703. The second kappa shape index (κ2) is 6.59. The van der Waals surface area contributed by atoms with Gasteiger partial charge in [-0.25, -0.2) is 9.78 Å². The lowest BCUT2D eigenvalue weighted by Gasteiger charge is -2.17. The van der Waals surface area contributed by atoms with E-state index in [9.17, 15) is 4.79 Å².